The van der Waals surface area contributed by atoms with Crippen LogP contribution in [0.1, 0.15) is 12.0 Å². The number of hydrogen-bond donors (Lipinski definition) is 2. The topological polar surface area (TPSA) is 37.0 Å². The van der Waals surface area contributed by atoms with E-state index in [1.807, 2.05) is 30.5 Å². The summed E-state index contributed by atoms with van der Waals surface area (Å²) >= 11 is 6.02. The molecule has 2 N–H and O–H groups in total. The average Bonchev–Trinajstić information content (AvgIpc) is 2.61. The van der Waals surface area contributed by atoms with Crippen LogP contribution in [0.15, 0.2) is 60.8 Å². The molecule has 0 aliphatic heterocycles. The molecular weight excluding hydrogens is 318 g/mol. The molecule has 0 saturated heterocycles. The molecule has 0 fully saturated rings. The van der Waals surface area contributed by atoms with Crippen LogP contribution in [0.4, 0.5) is 5.69 Å². The van der Waals surface area contributed by atoms with Gasteiger partial charge in [-0.15, -0.1) is 0 Å². The molecule has 1 aromatic heterocycles. The highest BCUT2D eigenvalue weighted by atomic mass is 35.5. The van der Waals surface area contributed by atoms with Gasteiger partial charge in [-0.05, 0) is 55.8 Å². The monoisotopic (exact) mass is 339 g/mol. The summed E-state index contributed by atoms with van der Waals surface area (Å²) in [6.45, 7) is 2.95. The van der Waals surface area contributed by atoms with Crippen LogP contribution in [-0.2, 0) is 6.42 Å². The molecule has 3 nitrogen and oxygen atoms in total. The van der Waals surface area contributed by atoms with Gasteiger partial charge >= 0.3 is 0 Å². The molecule has 3 rings (SSSR count). The summed E-state index contributed by atoms with van der Waals surface area (Å²) in [5, 5.41) is 8.82. The lowest BCUT2D eigenvalue weighted by Crippen LogP contribution is -2.20. The van der Waals surface area contributed by atoms with Gasteiger partial charge in [-0.1, -0.05) is 41.9 Å². The quantitative estimate of drug-likeness (QED) is 0.592. The zero-order valence-electron chi connectivity index (χ0n) is 13.6. The summed E-state index contributed by atoms with van der Waals surface area (Å²) < 4.78 is 0. The highest BCUT2D eigenvalue weighted by Gasteiger charge is 2.02. The second-order valence-electron chi connectivity index (χ2n) is 5.79. The summed E-state index contributed by atoms with van der Waals surface area (Å²) in [4.78, 5) is 4.36. The Morgan fingerprint density at radius 1 is 0.917 bits per heavy atom. The van der Waals surface area contributed by atoms with Crippen molar-refractivity contribution in [3.63, 3.8) is 0 Å². The normalized spacial score (nSPS) is 10.9. The van der Waals surface area contributed by atoms with E-state index >= 15 is 0 Å². The zero-order chi connectivity index (χ0) is 16.6. The number of anilines is 1. The second kappa shape index (κ2) is 8.67. The molecule has 124 valence electrons. The lowest BCUT2D eigenvalue weighted by atomic mass is 10.1. The van der Waals surface area contributed by atoms with E-state index in [4.69, 9.17) is 11.6 Å². The summed E-state index contributed by atoms with van der Waals surface area (Å²) in [6.07, 6.45) is 3.97. The zero-order valence-corrected chi connectivity index (χ0v) is 14.4. The highest BCUT2D eigenvalue weighted by Crippen LogP contribution is 2.24. The molecule has 0 aliphatic carbocycles. The maximum Gasteiger partial charge on any atom is 0.0737 e. The van der Waals surface area contributed by atoms with Crippen LogP contribution in [0.2, 0.25) is 5.02 Å². The van der Waals surface area contributed by atoms with E-state index in [2.05, 4.69) is 45.9 Å². The largest absolute Gasteiger partial charge is 0.384 e. The third-order valence-electron chi connectivity index (χ3n) is 3.98. The number of nitrogens with one attached hydrogen (secondary N) is 2. The number of nitrogens with zero attached hydrogens (tertiary/aromatic N) is 1. The SMILES string of the molecule is Clc1ccc2c(NCCCNCCc3ccccc3)ccnc2c1. The van der Waals surface area contributed by atoms with E-state index in [1.165, 1.54) is 5.56 Å². The van der Waals surface area contributed by atoms with E-state index in [9.17, 15) is 0 Å². The van der Waals surface area contributed by atoms with Gasteiger partial charge in [-0.25, -0.2) is 0 Å². The van der Waals surface area contributed by atoms with Crippen molar-refractivity contribution in [1.82, 2.24) is 10.3 Å². The number of halogens is 1. The minimum absolute atomic E-state index is 0.717. The minimum Gasteiger partial charge on any atom is -0.384 e. The van der Waals surface area contributed by atoms with Gasteiger partial charge in [0, 0.05) is 28.8 Å². The van der Waals surface area contributed by atoms with Crippen LogP contribution in [0, 0.1) is 0 Å². The van der Waals surface area contributed by atoms with E-state index in [-0.39, 0.29) is 0 Å². The van der Waals surface area contributed by atoms with Crippen molar-refractivity contribution in [3.8, 4) is 0 Å². The fourth-order valence-electron chi connectivity index (χ4n) is 2.71. The molecule has 1 heterocycles. The predicted molar refractivity (Wildman–Crippen MR) is 103 cm³/mol. The van der Waals surface area contributed by atoms with Gasteiger partial charge in [0.2, 0.25) is 0 Å². The molecule has 4 heteroatoms. The Labute approximate surface area is 148 Å². The molecule has 24 heavy (non-hydrogen) atoms. The third-order valence-corrected chi connectivity index (χ3v) is 4.22. The van der Waals surface area contributed by atoms with Gasteiger partial charge in [0.15, 0.2) is 0 Å². The summed E-state index contributed by atoms with van der Waals surface area (Å²) in [6, 6.07) is 18.4. The Morgan fingerprint density at radius 2 is 1.79 bits per heavy atom. The summed E-state index contributed by atoms with van der Waals surface area (Å²) in [5.41, 5.74) is 3.42. The first kappa shape index (κ1) is 16.7. The van der Waals surface area contributed by atoms with E-state index in [0.29, 0.717) is 0 Å². The van der Waals surface area contributed by atoms with Crippen LogP contribution >= 0.6 is 11.6 Å². The highest BCUT2D eigenvalue weighted by molar-refractivity contribution is 6.31. The lowest BCUT2D eigenvalue weighted by Gasteiger charge is -2.10. The van der Waals surface area contributed by atoms with Crippen LogP contribution in [0.5, 0.6) is 0 Å². The number of aromatic nitrogens is 1. The number of hydrogen-bond acceptors (Lipinski definition) is 3. The van der Waals surface area contributed by atoms with Gasteiger partial charge < -0.3 is 10.6 Å². The van der Waals surface area contributed by atoms with Crippen molar-refractivity contribution in [2.45, 2.75) is 12.8 Å². The fraction of sp³-hybridized carbons (Fsp3) is 0.250. The van der Waals surface area contributed by atoms with Crippen molar-refractivity contribution in [2.75, 3.05) is 25.0 Å². The van der Waals surface area contributed by atoms with Gasteiger partial charge in [0.1, 0.15) is 0 Å². The van der Waals surface area contributed by atoms with E-state index < -0.39 is 0 Å². The average molecular weight is 340 g/mol. The number of fused-ring (bicyclic) bond motifs is 1. The van der Waals surface area contributed by atoms with E-state index in [1.54, 1.807) is 0 Å². The Bertz CT molecular complexity index is 774. The number of rotatable bonds is 8. The minimum atomic E-state index is 0.717. The maximum atomic E-state index is 6.02. The first-order valence-electron chi connectivity index (χ1n) is 8.36. The van der Waals surface area contributed by atoms with Crippen molar-refractivity contribution in [2.24, 2.45) is 0 Å². The van der Waals surface area contributed by atoms with Crippen molar-refractivity contribution in [3.05, 3.63) is 71.4 Å². The Morgan fingerprint density at radius 3 is 2.67 bits per heavy atom. The van der Waals surface area contributed by atoms with E-state index in [0.717, 1.165) is 54.1 Å². The lowest BCUT2D eigenvalue weighted by molar-refractivity contribution is 0.660. The maximum absolute atomic E-state index is 6.02. The molecule has 0 amide bonds. The van der Waals surface area contributed by atoms with Gasteiger partial charge in [-0.2, -0.15) is 0 Å². The smallest absolute Gasteiger partial charge is 0.0737 e. The standard InChI is InChI=1S/C20H22ClN3/c21-17-7-8-18-19(10-14-24-20(18)15-17)23-12-4-11-22-13-9-16-5-2-1-3-6-16/h1-3,5-8,10,14-15,22H,4,9,11-13H2,(H,23,24). The molecule has 3 aromatic rings. The molecule has 0 spiro atoms. The predicted octanol–water partition coefficient (Wildman–Crippen LogP) is 4.52. The van der Waals surface area contributed by atoms with Crippen LogP contribution < -0.4 is 10.6 Å². The number of pyridine rings is 1. The van der Waals surface area contributed by atoms with Gasteiger partial charge in [-0.3, -0.25) is 4.98 Å². The van der Waals surface area contributed by atoms with Crippen molar-refractivity contribution >= 4 is 28.2 Å². The molecule has 0 radical (unpaired) electrons. The van der Waals surface area contributed by atoms with Gasteiger partial charge in [0.25, 0.3) is 0 Å². The Hall–Kier alpha value is -2.10. The molecular formula is C20H22ClN3. The van der Waals surface area contributed by atoms with Crippen molar-refractivity contribution < 1.29 is 0 Å². The molecule has 0 saturated carbocycles. The molecule has 0 aliphatic rings. The summed E-state index contributed by atoms with van der Waals surface area (Å²) in [5.74, 6) is 0. The van der Waals surface area contributed by atoms with Crippen molar-refractivity contribution in [1.29, 1.82) is 0 Å². The Balaban J connectivity index is 1.39. The molecule has 2 aromatic carbocycles. The summed E-state index contributed by atoms with van der Waals surface area (Å²) in [7, 11) is 0. The molecule has 0 atom stereocenters. The molecule has 0 unspecified atom stereocenters. The molecule has 0 bridgehead atoms. The third kappa shape index (κ3) is 4.70. The number of benzene rings is 2. The van der Waals surface area contributed by atoms with Crippen LogP contribution in [0.3, 0.4) is 0 Å². The second-order valence-corrected chi connectivity index (χ2v) is 6.22. The van der Waals surface area contributed by atoms with Gasteiger partial charge in [0.05, 0.1) is 5.52 Å². The first-order valence-corrected chi connectivity index (χ1v) is 8.73. The Kier molecular flexibility index (Phi) is 6.05. The fourth-order valence-corrected chi connectivity index (χ4v) is 2.88. The van der Waals surface area contributed by atoms with Crippen LogP contribution in [-0.4, -0.2) is 24.6 Å². The first-order chi connectivity index (χ1) is 11.8. The van der Waals surface area contributed by atoms with Crippen LogP contribution in [0.25, 0.3) is 10.9 Å².